The van der Waals surface area contributed by atoms with Crippen molar-refractivity contribution in [3.8, 4) is 16.9 Å². The van der Waals surface area contributed by atoms with Crippen molar-refractivity contribution in [1.29, 1.82) is 0 Å². The Hall–Kier alpha value is -2.65. The average Bonchev–Trinajstić information content (AvgIpc) is 2.74. The third-order valence-electron chi connectivity index (χ3n) is 4.33. The second-order valence-corrected chi connectivity index (χ2v) is 6.05. The highest BCUT2D eigenvalue weighted by atomic mass is 19.1. The molecule has 0 heterocycles. The van der Waals surface area contributed by atoms with Crippen LogP contribution in [0.3, 0.4) is 0 Å². The normalized spacial score (nSPS) is 11.3. The third kappa shape index (κ3) is 5.66. The lowest BCUT2D eigenvalue weighted by Gasteiger charge is -2.16. The topological polar surface area (TPSA) is 21.3 Å². The van der Waals surface area contributed by atoms with E-state index in [-0.39, 0.29) is 11.9 Å². The number of ether oxygens (including phenoxy) is 1. The van der Waals surface area contributed by atoms with E-state index in [2.05, 4.69) is 36.5 Å². The van der Waals surface area contributed by atoms with Gasteiger partial charge in [-0.15, -0.1) is 0 Å². The van der Waals surface area contributed by atoms with Crippen LogP contribution in [0.5, 0.6) is 5.75 Å². The first-order chi connectivity index (χ1) is 13.2. The van der Waals surface area contributed by atoms with Gasteiger partial charge in [-0.1, -0.05) is 62.4 Å². The zero-order chi connectivity index (χ0) is 19.6. The van der Waals surface area contributed by atoms with Crippen LogP contribution in [-0.2, 0) is 6.54 Å². The van der Waals surface area contributed by atoms with Gasteiger partial charge in [0, 0.05) is 18.2 Å². The van der Waals surface area contributed by atoms with Gasteiger partial charge in [0.25, 0.3) is 0 Å². The number of methoxy groups -OCH3 is 1. The van der Waals surface area contributed by atoms with Crippen LogP contribution in [0.2, 0.25) is 0 Å². The predicted molar refractivity (Wildman–Crippen MR) is 111 cm³/mol. The molecule has 1 atom stereocenters. The minimum atomic E-state index is -0.239. The summed E-state index contributed by atoms with van der Waals surface area (Å²) in [5.74, 6) is 0.545. The fourth-order valence-electron chi connectivity index (χ4n) is 2.85. The number of hydrogen-bond acceptors (Lipinski definition) is 2. The van der Waals surface area contributed by atoms with Gasteiger partial charge in [-0.3, -0.25) is 0 Å². The maximum Gasteiger partial charge on any atom is 0.126 e. The standard InChI is InChI=1S/C22H22FNO.C2H6/c1-16(18-6-4-3-5-7-18)24-15-17-8-13-22(25-2)21(14-17)19-9-11-20(23)12-10-19;1-2/h3-14,16,24H,15H2,1-2H3;1-2H3. The molecule has 3 heteroatoms. The first-order valence-corrected chi connectivity index (χ1v) is 9.38. The van der Waals surface area contributed by atoms with Gasteiger partial charge in [0.05, 0.1) is 7.11 Å². The Bertz CT molecular complexity index is 816. The van der Waals surface area contributed by atoms with Crippen LogP contribution in [0.4, 0.5) is 4.39 Å². The molecule has 1 N–H and O–H groups in total. The molecule has 0 aliphatic carbocycles. The van der Waals surface area contributed by atoms with Crippen molar-refractivity contribution in [2.24, 2.45) is 0 Å². The molecule has 142 valence electrons. The summed E-state index contributed by atoms with van der Waals surface area (Å²) in [4.78, 5) is 0. The first-order valence-electron chi connectivity index (χ1n) is 9.38. The van der Waals surface area contributed by atoms with Gasteiger partial charge < -0.3 is 10.1 Å². The molecule has 0 amide bonds. The fraction of sp³-hybridized carbons (Fsp3) is 0.250. The summed E-state index contributed by atoms with van der Waals surface area (Å²) in [5.41, 5.74) is 4.32. The van der Waals surface area contributed by atoms with E-state index in [0.29, 0.717) is 0 Å². The molecule has 0 saturated heterocycles. The smallest absolute Gasteiger partial charge is 0.126 e. The largest absolute Gasteiger partial charge is 0.496 e. The molecule has 0 spiro atoms. The SMILES string of the molecule is CC.COc1ccc(CNC(C)c2ccccc2)cc1-c1ccc(F)cc1. The maximum absolute atomic E-state index is 13.2. The Labute approximate surface area is 162 Å². The molecule has 27 heavy (non-hydrogen) atoms. The van der Waals surface area contributed by atoms with Crippen LogP contribution in [0, 0.1) is 5.82 Å². The van der Waals surface area contributed by atoms with Crippen LogP contribution in [-0.4, -0.2) is 7.11 Å². The van der Waals surface area contributed by atoms with Crippen LogP contribution in [0.25, 0.3) is 11.1 Å². The molecule has 3 rings (SSSR count). The van der Waals surface area contributed by atoms with E-state index in [1.807, 2.05) is 38.1 Å². The van der Waals surface area contributed by atoms with Gasteiger partial charge in [0.2, 0.25) is 0 Å². The summed E-state index contributed by atoms with van der Waals surface area (Å²) in [6, 6.07) is 23.2. The van der Waals surface area contributed by atoms with E-state index in [1.165, 1.54) is 17.7 Å². The van der Waals surface area contributed by atoms with Crippen molar-refractivity contribution in [2.75, 3.05) is 7.11 Å². The first kappa shape index (κ1) is 20.7. The van der Waals surface area contributed by atoms with Crippen LogP contribution >= 0.6 is 0 Å². The molecule has 0 bridgehead atoms. The van der Waals surface area contributed by atoms with Crippen molar-refractivity contribution in [2.45, 2.75) is 33.4 Å². The number of rotatable bonds is 6. The summed E-state index contributed by atoms with van der Waals surface area (Å²) in [5, 5.41) is 3.54. The Kier molecular flexibility index (Phi) is 8.02. The van der Waals surface area contributed by atoms with Gasteiger partial charge in [-0.05, 0) is 47.9 Å². The minimum absolute atomic E-state index is 0.239. The number of nitrogens with one attached hydrogen (secondary N) is 1. The van der Waals surface area contributed by atoms with E-state index in [9.17, 15) is 4.39 Å². The lowest BCUT2D eigenvalue weighted by atomic mass is 10.0. The van der Waals surface area contributed by atoms with Crippen molar-refractivity contribution in [3.63, 3.8) is 0 Å². The van der Waals surface area contributed by atoms with E-state index in [0.717, 1.165) is 29.0 Å². The van der Waals surface area contributed by atoms with E-state index >= 15 is 0 Å². The molecule has 0 aromatic heterocycles. The summed E-state index contributed by atoms with van der Waals surface area (Å²) >= 11 is 0. The highest BCUT2D eigenvalue weighted by Crippen LogP contribution is 2.31. The Balaban J connectivity index is 0.00000126. The van der Waals surface area contributed by atoms with Crippen LogP contribution < -0.4 is 10.1 Å². The number of halogens is 1. The van der Waals surface area contributed by atoms with Crippen LogP contribution in [0.15, 0.2) is 72.8 Å². The van der Waals surface area contributed by atoms with Gasteiger partial charge in [-0.25, -0.2) is 4.39 Å². The molecule has 3 aromatic rings. The van der Waals surface area contributed by atoms with Gasteiger partial charge in [-0.2, -0.15) is 0 Å². The van der Waals surface area contributed by atoms with Crippen molar-refractivity contribution in [3.05, 3.63) is 89.7 Å². The fourth-order valence-corrected chi connectivity index (χ4v) is 2.85. The molecular weight excluding hydrogens is 337 g/mol. The van der Waals surface area contributed by atoms with Gasteiger partial charge >= 0.3 is 0 Å². The van der Waals surface area contributed by atoms with Crippen molar-refractivity contribution in [1.82, 2.24) is 5.32 Å². The molecule has 0 fully saturated rings. The summed E-state index contributed by atoms with van der Waals surface area (Å²) < 4.78 is 18.7. The Morgan fingerprint density at radius 1 is 0.926 bits per heavy atom. The Morgan fingerprint density at radius 3 is 2.22 bits per heavy atom. The molecular formula is C24H28FNO. The minimum Gasteiger partial charge on any atom is -0.496 e. The van der Waals surface area contributed by atoms with E-state index < -0.39 is 0 Å². The zero-order valence-electron chi connectivity index (χ0n) is 16.5. The third-order valence-corrected chi connectivity index (χ3v) is 4.33. The summed E-state index contributed by atoms with van der Waals surface area (Å²) in [6.07, 6.45) is 0. The number of benzene rings is 3. The quantitative estimate of drug-likeness (QED) is 0.547. The molecule has 0 aliphatic rings. The maximum atomic E-state index is 13.2. The lowest BCUT2D eigenvalue weighted by Crippen LogP contribution is -2.18. The molecule has 3 aromatic carbocycles. The molecule has 0 aliphatic heterocycles. The Morgan fingerprint density at radius 2 is 1.59 bits per heavy atom. The second kappa shape index (κ2) is 10.5. The number of hydrogen-bond donors (Lipinski definition) is 1. The van der Waals surface area contributed by atoms with Gasteiger partial charge in [0.1, 0.15) is 11.6 Å². The second-order valence-electron chi connectivity index (χ2n) is 6.05. The molecule has 1 unspecified atom stereocenters. The average molecular weight is 365 g/mol. The lowest BCUT2D eigenvalue weighted by molar-refractivity contribution is 0.416. The molecule has 2 nitrogen and oxygen atoms in total. The predicted octanol–water partition coefficient (Wildman–Crippen LogP) is 6.38. The highest BCUT2D eigenvalue weighted by Gasteiger charge is 2.09. The molecule has 0 saturated carbocycles. The van der Waals surface area contributed by atoms with Crippen molar-refractivity contribution < 1.29 is 9.13 Å². The monoisotopic (exact) mass is 365 g/mol. The van der Waals surface area contributed by atoms with E-state index in [1.54, 1.807) is 19.2 Å². The highest BCUT2D eigenvalue weighted by molar-refractivity contribution is 5.71. The summed E-state index contributed by atoms with van der Waals surface area (Å²) in [7, 11) is 1.65. The van der Waals surface area contributed by atoms with Crippen molar-refractivity contribution >= 4 is 0 Å². The van der Waals surface area contributed by atoms with Gasteiger partial charge in [0.15, 0.2) is 0 Å². The van der Waals surface area contributed by atoms with E-state index in [4.69, 9.17) is 4.74 Å². The van der Waals surface area contributed by atoms with Crippen LogP contribution in [0.1, 0.15) is 37.9 Å². The molecule has 0 radical (unpaired) electrons. The summed E-state index contributed by atoms with van der Waals surface area (Å²) in [6.45, 7) is 6.90. The zero-order valence-corrected chi connectivity index (χ0v) is 16.5.